The largest absolute Gasteiger partial charge is 0.495 e. The summed E-state index contributed by atoms with van der Waals surface area (Å²) in [6.45, 7) is 4.59. The van der Waals surface area contributed by atoms with Crippen LogP contribution in [-0.4, -0.2) is 24.7 Å². The highest BCUT2D eigenvalue weighted by Crippen LogP contribution is 2.28. The fourth-order valence-electron chi connectivity index (χ4n) is 1.55. The van der Waals surface area contributed by atoms with Gasteiger partial charge in [0.05, 0.1) is 11.6 Å². The molecule has 0 spiro atoms. The summed E-state index contributed by atoms with van der Waals surface area (Å²) in [6, 6.07) is 5.81. The van der Waals surface area contributed by atoms with Crippen LogP contribution in [0.15, 0.2) is 27.8 Å². The number of anilines is 1. The Morgan fingerprint density at radius 2 is 2.21 bits per heavy atom. The molecule has 4 N–H and O–H groups in total. The van der Waals surface area contributed by atoms with Crippen molar-refractivity contribution < 1.29 is 9.94 Å². The highest BCUT2D eigenvalue weighted by molar-refractivity contribution is 9.10. The summed E-state index contributed by atoms with van der Waals surface area (Å²) in [5.41, 5.74) is 6.26. The number of ether oxygens (including phenoxy) is 1. The Bertz CT molecular complexity index is 461. The molecule has 5 nitrogen and oxygen atoms in total. The molecule has 0 radical (unpaired) electrons. The lowest BCUT2D eigenvalue weighted by atomic mass is 9.88. The molecular formula is C13H20BrN3O2. The number of rotatable bonds is 6. The lowest BCUT2D eigenvalue weighted by molar-refractivity contribution is 0.306. The van der Waals surface area contributed by atoms with E-state index in [0.29, 0.717) is 6.54 Å². The molecule has 0 unspecified atom stereocenters. The number of halogens is 1. The molecule has 0 atom stereocenters. The van der Waals surface area contributed by atoms with Crippen molar-refractivity contribution in [2.24, 2.45) is 16.3 Å². The van der Waals surface area contributed by atoms with Gasteiger partial charge in [-0.25, -0.2) is 0 Å². The quantitative estimate of drug-likeness (QED) is 0.324. The Balaban J connectivity index is 2.59. The first-order valence-electron chi connectivity index (χ1n) is 5.96. The third kappa shape index (κ3) is 4.31. The fraction of sp³-hybridized carbons (Fsp3) is 0.462. The first-order valence-corrected chi connectivity index (χ1v) is 6.75. The average molecular weight is 330 g/mol. The summed E-state index contributed by atoms with van der Waals surface area (Å²) >= 11 is 3.41. The van der Waals surface area contributed by atoms with Crippen LogP contribution in [0.3, 0.4) is 0 Å². The molecule has 0 heterocycles. The van der Waals surface area contributed by atoms with Gasteiger partial charge in [0.1, 0.15) is 11.6 Å². The van der Waals surface area contributed by atoms with E-state index in [-0.39, 0.29) is 11.3 Å². The average Bonchev–Trinajstić information content (AvgIpc) is 2.39. The van der Waals surface area contributed by atoms with Crippen molar-refractivity contribution in [1.29, 1.82) is 0 Å². The Morgan fingerprint density at radius 1 is 1.53 bits per heavy atom. The van der Waals surface area contributed by atoms with Crippen LogP contribution < -0.4 is 15.8 Å². The summed E-state index contributed by atoms with van der Waals surface area (Å²) in [4.78, 5) is 0. The fourth-order valence-corrected chi connectivity index (χ4v) is 1.96. The van der Waals surface area contributed by atoms with E-state index in [4.69, 9.17) is 15.7 Å². The van der Waals surface area contributed by atoms with E-state index in [1.165, 1.54) is 0 Å². The summed E-state index contributed by atoms with van der Waals surface area (Å²) in [5.74, 6) is 1.02. The number of nitrogens with one attached hydrogen (secondary N) is 1. The first-order chi connectivity index (χ1) is 8.90. The monoisotopic (exact) mass is 329 g/mol. The molecule has 1 aromatic carbocycles. The number of nitrogens with two attached hydrogens (primary N) is 1. The molecule has 0 fully saturated rings. The van der Waals surface area contributed by atoms with Crippen LogP contribution in [0.4, 0.5) is 5.69 Å². The minimum Gasteiger partial charge on any atom is -0.495 e. The number of hydrogen-bond acceptors (Lipinski definition) is 4. The van der Waals surface area contributed by atoms with Gasteiger partial charge < -0.3 is 21.0 Å². The van der Waals surface area contributed by atoms with E-state index in [1.807, 2.05) is 32.0 Å². The second-order valence-corrected chi connectivity index (χ2v) is 5.75. The van der Waals surface area contributed by atoms with E-state index in [2.05, 4.69) is 26.4 Å². The number of oxime groups is 1. The molecule has 6 heteroatoms. The van der Waals surface area contributed by atoms with Gasteiger partial charge in [-0.05, 0) is 34.5 Å². The zero-order valence-corrected chi connectivity index (χ0v) is 13.0. The maximum absolute atomic E-state index is 8.71. The van der Waals surface area contributed by atoms with Crippen molar-refractivity contribution in [2.75, 3.05) is 19.0 Å². The molecule has 0 saturated carbocycles. The second-order valence-electron chi connectivity index (χ2n) is 4.90. The van der Waals surface area contributed by atoms with Gasteiger partial charge in [-0.1, -0.05) is 19.0 Å². The molecule has 0 aliphatic heterocycles. The van der Waals surface area contributed by atoms with Crippen molar-refractivity contribution in [3.63, 3.8) is 0 Å². The predicted octanol–water partition coefficient (Wildman–Crippen LogP) is 3.03. The molecule has 19 heavy (non-hydrogen) atoms. The molecule has 0 aliphatic carbocycles. The van der Waals surface area contributed by atoms with Gasteiger partial charge in [0.25, 0.3) is 0 Å². The lowest BCUT2D eigenvalue weighted by Crippen LogP contribution is -2.33. The van der Waals surface area contributed by atoms with Crippen molar-refractivity contribution in [2.45, 2.75) is 20.3 Å². The minimum atomic E-state index is -0.346. The third-order valence-electron chi connectivity index (χ3n) is 3.03. The van der Waals surface area contributed by atoms with Crippen LogP contribution in [-0.2, 0) is 0 Å². The topological polar surface area (TPSA) is 79.9 Å². The van der Waals surface area contributed by atoms with E-state index < -0.39 is 0 Å². The molecule has 1 aromatic rings. The zero-order chi connectivity index (χ0) is 14.5. The number of benzene rings is 1. The van der Waals surface area contributed by atoms with Crippen LogP contribution in [0.1, 0.15) is 20.3 Å². The van der Waals surface area contributed by atoms with Gasteiger partial charge in [-0.3, -0.25) is 0 Å². The van der Waals surface area contributed by atoms with Crippen LogP contribution in [0.2, 0.25) is 0 Å². The summed E-state index contributed by atoms with van der Waals surface area (Å²) in [7, 11) is 1.63. The molecule has 0 saturated heterocycles. The van der Waals surface area contributed by atoms with Gasteiger partial charge in [0.15, 0.2) is 0 Å². The van der Waals surface area contributed by atoms with Crippen molar-refractivity contribution in [3.8, 4) is 5.75 Å². The SMILES string of the molecule is COc1cc(NCCC(C)(C)/C(N)=N/O)ccc1Br. The molecule has 0 amide bonds. The molecule has 0 bridgehead atoms. The number of hydrogen-bond donors (Lipinski definition) is 3. The first kappa shape index (κ1) is 15.6. The Labute approximate surface area is 122 Å². The maximum atomic E-state index is 8.71. The molecule has 106 valence electrons. The predicted molar refractivity (Wildman–Crippen MR) is 81.0 cm³/mol. The van der Waals surface area contributed by atoms with E-state index in [9.17, 15) is 0 Å². The van der Waals surface area contributed by atoms with Crippen molar-refractivity contribution in [1.82, 2.24) is 0 Å². The number of nitrogens with zero attached hydrogens (tertiary/aromatic N) is 1. The van der Waals surface area contributed by atoms with Crippen LogP contribution >= 0.6 is 15.9 Å². The summed E-state index contributed by atoms with van der Waals surface area (Å²) in [5, 5.41) is 15.1. The minimum absolute atomic E-state index is 0.239. The van der Waals surface area contributed by atoms with E-state index >= 15 is 0 Å². The Hall–Kier alpha value is -1.43. The summed E-state index contributed by atoms with van der Waals surface area (Å²) in [6.07, 6.45) is 0.751. The third-order valence-corrected chi connectivity index (χ3v) is 3.69. The summed E-state index contributed by atoms with van der Waals surface area (Å²) < 4.78 is 6.14. The highest BCUT2D eigenvalue weighted by atomic mass is 79.9. The van der Waals surface area contributed by atoms with Gasteiger partial charge in [0.2, 0.25) is 0 Å². The normalized spacial score (nSPS) is 12.3. The second kappa shape index (κ2) is 6.65. The Morgan fingerprint density at radius 3 is 2.79 bits per heavy atom. The van der Waals surface area contributed by atoms with Gasteiger partial charge >= 0.3 is 0 Å². The van der Waals surface area contributed by atoms with Crippen LogP contribution in [0, 0.1) is 5.41 Å². The molecule has 0 aromatic heterocycles. The van der Waals surface area contributed by atoms with E-state index in [1.54, 1.807) is 7.11 Å². The smallest absolute Gasteiger partial charge is 0.144 e. The van der Waals surface area contributed by atoms with Crippen LogP contribution in [0.5, 0.6) is 5.75 Å². The highest BCUT2D eigenvalue weighted by Gasteiger charge is 2.22. The Kier molecular flexibility index (Phi) is 5.47. The van der Waals surface area contributed by atoms with Crippen molar-refractivity contribution in [3.05, 3.63) is 22.7 Å². The zero-order valence-electron chi connectivity index (χ0n) is 11.4. The van der Waals surface area contributed by atoms with Gasteiger partial charge in [-0.2, -0.15) is 0 Å². The lowest BCUT2D eigenvalue weighted by Gasteiger charge is -2.23. The van der Waals surface area contributed by atoms with E-state index in [0.717, 1.165) is 22.3 Å². The molecule has 1 rings (SSSR count). The maximum Gasteiger partial charge on any atom is 0.144 e. The van der Waals surface area contributed by atoms with Gasteiger partial charge in [0, 0.05) is 23.7 Å². The standard InChI is InChI=1S/C13H20BrN3O2/c1-13(2,12(15)17-18)6-7-16-9-4-5-10(14)11(8-9)19-3/h4-5,8,16,18H,6-7H2,1-3H3,(H2,15,17). The number of amidine groups is 1. The molecular weight excluding hydrogens is 310 g/mol. The van der Waals surface area contributed by atoms with Crippen molar-refractivity contribution >= 4 is 27.5 Å². The van der Waals surface area contributed by atoms with Crippen LogP contribution in [0.25, 0.3) is 0 Å². The van der Waals surface area contributed by atoms with Gasteiger partial charge in [-0.15, -0.1) is 0 Å². The number of methoxy groups -OCH3 is 1. The molecule has 0 aliphatic rings.